The van der Waals surface area contributed by atoms with Crippen LogP contribution in [0.25, 0.3) is 0 Å². The van der Waals surface area contributed by atoms with Gasteiger partial charge in [0, 0.05) is 25.1 Å². The first-order chi connectivity index (χ1) is 12.3. The number of aromatic nitrogens is 4. The summed E-state index contributed by atoms with van der Waals surface area (Å²) in [5, 5.41) is 10.7. The minimum Gasteiger partial charge on any atom is -0.350 e. The van der Waals surface area contributed by atoms with Crippen molar-refractivity contribution in [2.75, 3.05) is 0 Å². The molecule has 2 aromatic heterocycles. The number of aryl methyl sites for hydroxylation is 2. The van der Waals surface area contributed by atoms with Crippen molar-refractivity contribution in [1.29, 1.82) is 0 Å². The molecule has 0 aromatic carbocycles. The fraction of sp³-hybridized carbons (Fsp3) is 0.562. The lowest BCUT2D eigenvalue weighted by atomic mass is 10.2. The van der Waals surface area contributed by atoms with Crippen LogP contribution in [0.4, 0.5) is 13.2 Å². The number of amides is 1. The Kier molecular flexibility index (Phi) is 5.40. The Morgan fingerprint density at radius 2 is 2.12 bits per heavy atom. The lowest BCUT2D eigenvalue weighted by Gasteiger charge is -2.07. The quantitative estimate of drug-likeness (QED) is 0.726. The summed E-state index contributed by atoms with van der Waals surface area (Å²) >= 11 is 3.04. The summed E-state index contributed by atoms with van der Waals surface area (Å²) in [7, 11) is 0. The predicted molar refractivity (Wildman–Crippen MR) is 91.3 cm³/mol. The van der Waals surface area contributed by atoms with Gasteiger partial charge in [0.15, 0.2) is 5.69 Å². The van der Waals surface area contributed by atoms with Gasteiger partial charge in [-0.25, -0.2) is 0 Å². The molecule has 6 nitrogen and oxygen atoms in total. The molecule has 1 aliphatic rings. The van der Waals surface area contributed by atoms with Crippen molar-refractivity contribution in [1.82, 2.24) is 24.9 Å². The molecule has 1 fully saturated rings. The van der Waals surface area contributed by atoms with E-state index in [0.717, 1.165) is 25.1 Å². The van der Waals surface area contributed by atoms with Gasteiger partial charge >= 0.3 is 6.18 Å². The Bertz CT molecular complexity index is 794. The number of nitrogens with zero attached hydrogens (tertiary/aromatic N) is 4. The van der Waals surface area contributed by atoms with Gasteiger partial charge in [-0.05, 0) is 41.8 Å². The Morgan fingerprint density at radius 3 is 2.69 bits per heavy atom. The van der Waals surface area contributed by atoms with Crippen LogP contribution >= 0.6 is 15.9 Å². The Labute approximate surface area is 156 Å². The first-order valence-corrected chi connectivity index (χ1v) is 9.21. The van der Waals surface area contributed by atoms with Gasteiger partial charge < -0.3 is 5.32 Å². The maximum absolute atomic E-state index is 13.1. The van der Waals surface area contributed by atoms with Gasteiger partial charge in [0.25, 0.3) is 0 Å². The van der Waals surface area contributed by atoms with E-state index in [1.807, 2.05) is 19.2 Å². The number of carbonyl (C=O) groups excluding carboxylic acids is 1. The van der Waals surface area contributed by atoms with E-state index in [4.69, 9.17) is 0 Å². The van der Waals surface area contributed by atoms with Crippen LogP contribution in [-0.2, 0) is 30.6 Å². The van der Waals surface area contributed by atoms with Gasteiger partial charge in [-0.3, -0.25) is 14.2 Å². The van der Waals surface area contributed by atoms with Crippen LogP contribution in [0.15, 0.2) is 16.7 Å². The number of rotatable bonds is 7. The van der Waals surface area contributed by atoms with Crippen LogP contribution in [0.2, 0.25) is 0 Å². The van der Waals surface area contributed by atoms with Crippen molar-refractivity contribution in [2.24, 2.45) is 0 Å². The average molecular weight is 434 g/mol. The average Bonchev–Trinajstić information content (AvgIpc) is 3.19. The van der Waals surface area contributed by atoms with Gasteiger partial charge in [0.2, 0.25) is 5.91 Å². The van der Waals surface area contributed by atoms with Crippen molar-refractivity contribution in [3.8, 4) is 0 Å². The highest BCUT2D eigenvalue weighted by atomic mass is 79.9. The van der Waals surface area contributed by atoms with Crippen molar-refractivity contribution in [3.05, 3.63) is 33.8 Å². The summed E-state index contributed by atoms with van der Waals surface area (Å²) in [6, 6.07) is 1.81. The van der Waals surface area contributed by atoms with E-state index in [0.29, 0.717) is 5.69 Å². The van der Waals surface area contributed by atoms with Crippen LogP contribution < -0.4 is 5.32 Å². The zero-order valence-electron chi connectivity index (χ0n) is 14.2. The van der Waals surface area contributed by atoms with Crippen molar-refractivity contribution in [2.45, 2.75) is 57.9 Å². The normalized spacial score (nSPS) is 14.7. The molecular formula is C16H19BrF3N5O. The van der Waals surface area contributed by atoms with Crippen molar-refractivity contribution in [3.63, 3.8) is 0 Å². The zero-order valence-corrected chi connectivity index (χ0v) is 15.8. The number of halogens is 4. The molecule has 0 radical (unpaired) electrons. The minimum atomic E-state index is -4.52. The molecule has 2 aromatic rings. The molecule has 10 heteroatoms. The Balaban J connectivity index is 1.61. The third-order valence-corrected chi connectivity index (χ3v) is 4.98. The van der Waals surface area contributed by atoms with E-state index in [1.165, 1.54) is 4.68 Å². The number of hydrogen-bond donors (Lipinski definition) is 1. The molecule has 0 aliphatic heterocycles. The van der Waals surface area contributed by atoms with Gasteiger partial charge in [-0.15, -0.1) is 0 Å². The summed E-state index contributed by atoms with van der Waals surface area (Å²) in [6.45, 7) is 3.10. The summed E-state index contributed by atoms with van der Waals surface area (Å²) in [6.07, 6.45) is -0.960. The first-order valence-electron chi connectivity index (χ1n) is 8.42. The molecule has 3 rings (SSSR count). The second-order valence-corrected chi connectivity index (χ2v) is 7.03. The van der Waals surface area contributed by atoms with Gasteiger partial charge in [0.05, 0.1) is 29.0 Å². The van der Waals surface area contributed by atoms with Crippen LogP contribution in [-0.4, -0.2) is 25.5 Å². The summed E-state index contributed by atoms with van der Waals surface area (Å²) in [5.41, 5.74) is 0.344. The van der Waals surface area contributed by atoms with Gasteiger partial charge in [-0.2, -0.15) is 23.4 Å². The molecule has 0 unspecified atom stereocenters. The van der Waals surface area contributed by atoms with Crippen LogP contribution in [0.5, 0.6) is 0 Å². The highest BCUT2D eigenvalue weighted by Crippen LogP contribution is 2.46. The van der Waals surface area contributed by atoms with E-state index < -0.39 is 11.9 Å². The smallest absolute Gasteiger partial charge is 0.350 e. The molecule has 26 heavy (non-hydrogen) atoms. The Morgan fingerprint density at radius 1 is 1.38 bits per heavy atom. The third kappa shape index (κ3) is 4.28. The molecular weight excluding hydrogens is 415 g/mol. The standard InChI is InChI=1S/C16H19BrF3N5O/c1-2-24-7-5-11(22-24)9-21-12(26)6-8-25-14(10-3-4-10)13(17)15(23-25)16(18,19)20/h5,7,10H,2-4,6,8-9H2,1H3,(H,21,26). The first kappa shape index (κ1) is 18.9. The van der Waals surface area contributed by atoms with Crippen LogP contribution in [0.1, 0.15) is 49.2 Å². The van der Waals surface area contributed by atoms with Gasteiger partial charge in [-0.1, -0.05) is 0 Å². The second-order valence-electron chi connectivity index (χ2n) is 6.23. The van der Waals surface area contributed by atoms with Crippen LogP contribution in [0, 0.1) is 0 Å². The molecule has 1 aliphatic carbocycles. The predicted octanol–water partition coefficient (Wildman–Crippen LogP) is 3.46. The molecule has 0 bridgehead atoms. The van der Waals surface area contributed by atoms with Crippen molar-refractivity contribution >= 4 is 21.8 Å². The number of alkyl halides is 3. The van der Waals surface area contributed by atoms with E-state index in [-0.39, 0.29) is 35.8 Å². The number of hydrogen-bond acceptors (Lipinski definition) is 3. The lowest BCUT2D eigenvalue weighted by molar-refractivity contribution is -0.142. The topological polar surface area (TPSA) is 64.7 Å². The highest BCUT2D eigenvalue weighted by molar-refractivity contribution is 9.10. The SMILES string of the molecule is CCn1ccc(CNC(=O)CCn2nc(C(F)(F)F)c(Br)c2C2CC2)n1. The summed E-state index contributed by atoms with van der Waals surface area (Å²) < 4.78 is 42.3. The second kappa shape index (κ2) is 7.42. The minimum absolute atomic E-state index is 0.00184. The van der Waals surface area contributed by atoms with E-state index >= 15 is 0 Å². The van der Waals surface area contributed by atoms with E-state index in [2.05, 4.69) is 31.4 Å². The van der Waals surface area contributed by atoms with Crippen molar-refractivity contribution < 1.29 is 18.0 Å². The van der Waals surface area contributed by atoms with Gasteiger partial charge in [0.1, 0.15) is 0 Å². The van der Waals surface area contributed by atoms with E-state index in [1.54, 1.807) is 4.68 Å². The maximum Gasteiger partial charge on any atom is 0.436 e. The molecule has 142 valence electrons. The molecule has 2 heterocycles. The molecule has 1 amide bonds. The molecule has 1 N–H and O–H groups in total. The fourth-order valence-corrected chi connectivity index (χ4v) is 3.54. The molecule has 0 saturated heterocycles. The molecule has 0 atom stereocenters. The zero-order chi connectivity index (χ0) is 18.9. The number of carbonyl (C=O) groups is 1. The highest BCUT2D eigenvalue weighted by Gasteiger charge is 2.41. The molecule has 1 saturated carbocycles. The maximum atomic E-state index is 13.1. The lowest BCUT2D eigenvalue weighted by Crippen LogP contribution is -2.24. The summed E-state index contributed by atoms with van der Waals surface area (Å²) in [4.78, 5) is 12.0. The van der Waals surface area contributed by atoms with E-state index in [9.17, 15) is 18.0 Å². The third-order valence-electron chi connectivity index (χ3n) is 4.20. The summed E-state index contributed by atoms with van der Waals surface area (Å²) in [5.74, 6) is -0.174. The Hall–Kier alpha value is -1.84. The number of nitrogens with one attached hydrogen (secondary N) is 1. The monoisotopic (exact) mass is 433 g/mol. The molecule has 0 spiro atoms. The van der Waals surface area contributed by atoms with Crippen LogP contribution in [0.3, 0.4) is 0 Å². The fourth-order valence-electron chi connectivity index (χ4n) is 2.71. The largest absolute Gasteiger partial charge is 0.436 e.